The lowest BCUT2D eigenvalue weighted by Crippen LogP contribution is -2.09. The smallest absolute Gasteiger partial charge is 0.220 e. The quantitative estimate of drug-likeness (QED) is 0.223. The highest BCUT2D eigenvalue weighted by Gasteiger charge is 2.17. The summed E-state index contributed by atoms with van der Waals surface area (Å²) < 4.78 is 4.50. The van der Waals surface area contributed by atoms with E-state index in [1.165, 1.54) is 11.1 Å². The van der Waals surface area contributed by atoms with Crippen LogP contribution in [0.1, 0.15) is 0 Å². The maximum atomic E-state index is 5.01. The Morgan fingerprint density at radius 1 is 0.415 bits per heavy atom. The molecule has 0 spiro atoms. The fraction of sp³-hybridized carbons (Fsp3) is 0. The Morgan fingerprint density at radius 3 is 1.54 bits per heavy atom. The maximum absolute atomic E-state index is 5.01. The summed E-state index contributed by atoms with van der Waals surface area (Å²) in [6.07, 6.45) is 0. The molecule has 0 saturated heterocycles. The number of fused-ring (bicyclic) bond motifs is 5. The zero-order valence-corrected chi connectivity index (χ0v) is 22.3. The van der Waals surface area contributed by atoms with Gasteiger partial charge in [0.15, 0.2) is 0 Å². The van der Waals surface area contributed by atoms with Crippen molar-refractivity contribution in [2.24, 2.45) is 0 Å². The molecule has 0 bridgehead atoms. The molecule has 0 radical (unpaired) electrons. The lowest BCUT2D eigenvalue weighted by molar-refractivity contribution is 1.11. The van der Waals surface area contributed by atoms with Crippen LogP contribution in [0.3, 0.4) is 0 Å². The molecule has 6 aromatic carbocycles. The van der Waals surface area contributed by atoms with Gasteiger partial charge in [0.25, 0.3) is 0 Å². The average molecular weight is 527 g/mol. The van der Waals surface area contributed by atoms with Crippen LogP contribution in [0.4, 0.5) is 17.1 Å². The van der Waals surface area contributed by atoms with Crippen LogP contribution in [0.5, 0.6) is 0 Å². The molecule has 0 N–H and O–H groups in total. The van der Waals surface area contributed by atoms with Crippen molar-refractivity contribution >= 4 is 44.9 Å². The van der Waals surface area contributed by atoms with Crippen molar-refractivity contribution in [1.82, 2.24) is 14.0 Å². The predicted molar refractivity (Wildman–Crippen MR) is 170 cm³/mol. The van der Waals surface area contributed by atoms with Crippen molar-refractivity contribution in [3.63, 3.8) is 0 Å². The fourth-order valence-corrected chi connectivity index (χ4v) is 5.81. The minimum absolute atomic E-state index is 0.923. The molecule has 0 aliphatic heterocycles. The summed E-state index contributed by atoms with van der Waals surface area (Å²) in [5.74, 6) is 0.923. The van der Waals surface area contributed by atoms with Crippen molar-refractivity contribution in [3.8, 4) is 16.8 Å². The number of aromatic nitrogens is 3. The zero-order valence-electron chi connectivity index (χ0n) is 22.3. The van der Waals surface area contributed by atoms with E-state index in [2.05, 4.69) is 166 Å². The molecule has 2 aromatic heterocycles. The van der Waals surface area contributed by atoms with Crippen LogP contribution >= 0.6 is 0 Å². The molecular formula is C37H26N4. The zero-order chi connectivity index (χ0) is 27.2. The van der Waals surface area contributed by atoms with Gasteiger partial charge in [0.05, 0.1) is 22.1 Å². The standard InChI is InChI=1S/C37H26N4/c1-3-11-29(12-4-1)39(30-13-5-2-6-14-30)31-23-19-27(20-24-31)28-21-25-32(26-22-28)40-35-17-9-10-18-36(35)41-34-16-8-7-15-33(34)38-37(40)41/h1-26H. The van der Waals surface area contributed by atoms with E-state index in [0.29, 0.717) is 0 Å². The van der Waals surface area contributed by atoms with Gasteiger partial charge in [-0.2, -0.15) is 0 Å². The van der Waals surface area contributed by atoms with E-state index < -0.39 is 0 Å². The van der Waals surface area contributed by atoms with E-state index in [9.17, 15) is 0 Å². The Morgan fingerprint density at radius 2 is 0.902 bits per heavy atom. The average Bonchev–Trinajstić information content (AvgIpc) is 3.57. The molecule has 0 aliphatic rings. The van der Waals surface area contributed by atoms with Crippen LogP contribution in [0.2, 0.25) is 0 Å². The van der Waals surface area contributed by atoms with Gasteiger partial charge in [0.2, 0.25) is 5.78 Å². The Hall–Kier alpha value is -5.61. The number of benzene rings is 6. The Balaban J connectivity index is 1.17. The molecule has 4 heteroatoms. The molecule has 8 aromatic rings. The minimum Gasteiger partial charge on any atom is -0.311 e. The third-order valence-corrected chi connectivity index (χ3v) is 7.72. The molecule has 41 heavy (non-hydrogen) atoms. The Bertz CT molecular complexity index is 2080. The third kappa shape index (κ3) is 3.88. The van der Waals surface area contributed by atoms with Gasteiger partial charge >= 0.3 is 0 Å². The Labute approximate surface area is 238 Å². The van der Waals surface area contributed by atoms with E-state index in [1.807, 2.05) is 6.07 Å². The van der Waals surface area contributed by atoms with Crippen LogP contribution in [-0.4, -0.2) is 14.0 Å². The normalized spacial score (nSPS) is 11.4. The largest absolute Gasteiger partial charge is 0.311 e. The van der Waals surface area contributed by atoms with Crippen LogP contribution in [-0.2, 0) is 0 Å². The molecule has 4 nitrogen and oxygen atoms in total. The highest BCUT2D eigenvalue weighted by Crippen LogP contribution is 2.36. The number of imidazole rings is 2. The highest BCUT2D eigenvalue weighted by molar-refractivity contribution is 5.92. The topological polar surface area (TPSA) is 25.5 Å². The van der Waals surface area contributed by atoms with Crippen LogP contribution in [0.15, 0.2) is 158 Å². The number of rotatable bonds is 5. The van der Waals surface area contributed by atoms with Crippen molar-refractivity contribution < 1.29 is 0 Å². The van der Waals surface area contributed by atoms with Gasteiger partial charge in [0.1, 0.15) is 0 Å². The molecule has 0 unspecified atom stereocenters. The molecule has 0 amide bonds. The third-order valence-electron chi connectivity index (χ3n) is 7.72. The van der Waals surface area contributed by atoms with Gasteiger partial charge in [-0.3, -0.25) is 8.97 Å². The molecule has 2 heterocycles. The van der Waals surface area contributed by atoms with Crippen molar-refractivity contribution in [2.75, 3.05) is 4.90 Å². The van der Waals surface area contributed by atoms with Crippen molar-refractivity contribution in [1.29, 1.82) is 0 Å². The highest BCUT2D eigenvalue weighted by atomic mass is 15.2. The summed E-state index contributed by atoms with van der Waals surface area (Å²) in [7, 11) is 0. The second kappa shape index (κ2) is 9.54. The number of hydrogen-bond acceptors (Lipinski definition) is 2. The first-order valence-corrected chi connectivity index (χ1v) is 13.8. The number of anilines is 3. The van der Waals surface area contributed by atoms with Gasteiger partial charge in [-0.25, -0.2) is 4.98 Å². The first kappa shape index (κ1) is 23.3. The van der Waals surface area contributed by atoms with Crippen LogP contribution in [0.25, 0.3) is 44.7 Å². The molecule has 194 valence electrons. The predicted octanol–water partition coefficient (Wildman–Crippen LogP) is 9.57. The summed E-state index contributed by atoms with van der Waals surface area (Å²) in [6.45, 7) is 0. The summed E-state index contributed by atoms with van der Waals surface area (Å²) in [5.41, 5.74) is 11.2. The molecule has 0 saturated carbocycles. The second-order valence-electron chi connectivity index (χ2n) is 10.2. The minimum atomic E-state index is 0.923. The van der Waals surface area contributed by atoms with Gasteiger partial charge in [-0.1, -0.05) is 84.9 Å². The first-order chi connectivity index (χ1) is 20.3. The lowest BCUT2D eigenvalue weighted by atomic mass is 10.0. The van der Waals surface area contributed by atoms with E-state index in [-0.39, 0.29) is 0 Å². The van der Waals surface area contributed by atoms with Crippen molar-refractivity contribution in [3.05, 3.63) is 158 Å². The van der Waals surface area contributed by atoms with Crippen LogP contribution in [0, 0.1) is 0 Å². The van der Waals surface area contributed by atoms with Gasteiger partial charge in [-0.15, -0.1) is 0 Å². The first-order valence-electron chi connectivity index (χ1n) is 13.8. The summed E-state index contributed by atoms with van der Waals surface area (Å²) >= 11 is 0. The molecular weight excluding hydrogens is 500 g/mol. The van der Waals surface area contributed by atoms with Crippen LogP contribution < -0.4 is 4.90 Å². The summed E-state index contributed by atoms with van der Waals surface area (Å²) in [5, 5.41) is 0. The van der Waals surface area contributed by atoms with Gasteiger partial charge < -0.3 is 4.90 Å². The number of para-hydroxylation sites is 6. The molecule has 8 rings (SSSR count). The lowest BCUT2D eigenvalue weighted by Gasteiger charge is -2.25. The van der Waals surface area contributed by atoms with E-state index in [4.69, 9.17) is 4.98 Å². The number of nitrogens with zero attached hydrogens (tertiary/aromatic N) is 4. The monoisotopic (exact) mass is 526 g/mol. The molecule has 0 fully saturated rings. The summed E-state index contributed by atoms with van der Waals surface area (Å²) in [4.78, 5) is 7.29. The van der Waals surface area contributed by atoms with E-state index in [0.717, 1.165) is 50.6 Å². The Kier molecular flexibility index (Phi) is 5.42. The maximum Gasteiger partial charge on any atom is 0.220 e. The van der Waals surface area contributed by atoms with Crippen molar-refractivity contribution in [2.45, 2.75) is 0 Å². The van der Waals surface area contributed by atoms with Gasteiger partial charge in [0, 0.05) is 22.7 Å². The van der Waals surface area contributed by atoms with E-state index >= 15 is 0 Å². The second-order valence-corrected chi connectivity index (χ2v) is 10.2. The van der Waals surface area contributed by atoms with E-state index in [1.54, 1.807) is 0 Å². The molecule has 0 aliphatic carbocycles. The summed E-state index contributed by atoms with van der Waals surface area (Å²) in [6, 6.07) is 55.4. The molecule has 0 atom stereocenters. The number of hydrogen-bond donors (Lipinski definition) is 0. The SMILES string of the molecule is c1ccc(N(c2ccccc2)c2ccc(-c3ccc(-n4c5ccccc5n5c6ccccc6nc45)cc3)cc2)cc1. The fourth-order valence-electron chi connectivity index (χ4n) is 5.81. The van der Waals surface area contributed by atoms with Gasteiger partial charge in [-0.05, 0) is 83.9 Å².